The van der Waals surface area contributed by atoms with Crippen LogP contribution in [0.25, 0.3) is 0 Å². The van der Waals surface area contributed by atoms with E-state index in [0.717, 1.165) is 24.3 Å². The van der Waals surface area contributed by atoms with Gasteiger partial charge in [0.25, 0.3) is 0 Å². The largest absolute Gasteiger partial charge is 0.658 e. The van der Waals surface area contributed by atoms with Crippen LogP contribution in [0.5, 0.6) is 11.5 Å². The van der Waals surface area contributed by atoms with Crippen molar-refractivity contribution in [1.82, 2.24) is 0 Å². The molecule has 0 saturated carbocycles. The highest BCUT2D eigenvalue weighted by atomic mass is 35.5. The second-order valence-electron chi connectivity index (χ2n) is 4.62. The molecule has 0 aliphatic heterocycles. The first kappa shape index (κ1) is 19.6. The molecule has 0 bridgehead atoms. The van der Waals surface area contributed by atoms with Crippen LogP contribution in [0.1, 0.15) is 11.1 Å². The van der Waals surface area contributed by atoms with E-state index in [9.17, 15) is 26.3 Å². The smallest absolute Gasteiger partial charge is 0.525 e. The van der Waals surface area contributed by atoms with Crippen LogP contribution in [-0.2, 0) is 12.4 Å². The third-order valence-corrected chi connectivity index (χ3v) is 3.49. The Morgan fingerprint density at radius 2 is 1.04 bits per heavy atom. The molecule has 0 spiro atoms. The van der Waals surface area contributed by atoms with Crippen LogP contribution in [0.3, 0.4) is 0 Å². The molecule has 0 heterocycles. The number of alkyl halides is 6. The number of rotatable bonds is 4. The van der Waals surface area contributed by atoms with Gasteiger partial charge in [0.1, 0.15) is 11.5 Å². The molecule has 2 nitrogen and oxygen atoms in total. The molecule has 1 radical (unpaired) electrons. The van der Waals surface area contributed by atoms with Gasteiger partial charge < -0.3 is 9.31 Å². The summed E-state index contributed by atoms with van der Waals surface area (Å²) in [5.74, 6) is -0.779. The van der Waals surface area contributed by atoms with Crippen molar-refractivity contribution in [3.63, 3.8) is 0 Å². The predicted molar refractivity (Wildman–Crippen MR) is 79.9 cm³/mol. The Morgan fingerprint density at radius 1 is 0.680 bits per heavy atom. The summed E-state index contributed by atoms with van der Waals surface area (Å²) < 4.78 is 85.5. The van der Waals surface area contributed by atoms with Crippen molar-refractivity contribution in [2.75, 3.05) is 0 Å². The molecule has 0 aromatic heterocycles. The zero-order valence-electron chi connectivity index (χ0n) is 11.9. The minimum atomic E-state index is -4.62. The van der Waals surface area contributed by atoms with E-state index < -0.39 is 23.5 Å². The molecular weight excluding hydrogens is 396 g/mol. The second kappa shape index (κ2) is 7.25. The number of benzene rings is 2. The average molecular weight is 402 g/mol. The molecule has 0 fully saturated rings. The fourth-order valence-electron chi connectivity index (χ4n) is 1.67. The second-order valence-corrected chi connectivity index (χ2v) is 5.43. The van der Waals surface area contributed by atoms with E-state index in [4.69, 9.17) is 32.5 Å². The van der Waals surface area contributed by atoms with Crippen molar-refractivity contribution < 1.29 is 35.7 Å². The molecule has 0 aliphatic carbocycles. The van der Waals surface area contributed by atoms with Gasteiger partial charge in [0, 0.05) is 0 Å². The summed E-state index contributed by atoms with van der Waals surface area (Å²) in [7, 11) is 0.530. The lowest BCUT2D eigenvalue weighted by Crippen LogP contribution is -2.13. The minimum absolute atomic E-state index is 0.150. The van der Waals surface area contributed by atoms with Gasteiger partial charge in [0.05, 0.1) is 21.2 Å². The van der Waals surface area contributed by atoms with Crippen LogP contribution < -0.4 is 9.31 Å². The number of hydrogen-bond acceptors (Lipinski definition) is 2. The first-order valence-corrected chi connectivity index (χ1v) is 7.12. The van der Waals surface area contributed by atoms with Gasteiger partial charge in [0.2, 0.25) is 0 Å². The zero-order valence-corrected chi connectivity index (χ0v) is 13.4. The monoisotopic (exact) mass is 401 g/mol. The van der Waals surface area contributed by atoms with Gasteiger partial charge in [0.15, 0.2) is 0 Å². The van der Waals surface area contributed by atoms with Gasteiger partial charge in [-0.3, -0.25) is 0 Å². The van der Waals surface area contributed by atoms with E-state index in [-0.39, 0.29) is 21.5 Å². The van der Waals surface area contributed by atoms with Crippen molar-refractivity contribution in [1.29, 1.82) is 0 Å². The Kier molecular flexibility index (Phi) is 5.68. The van der Waals surface area contributed by atoms with E-state index in [0.29, 0.717) is 19.8 Å². The fraction of sp³-hybridized carbons (Fsp3) is 0.143. The van der Waals surface area contributed by atoms with Gasteiger partial charge in [-0.05, 0) is 36.4 Å². The molecule has 2 rings (SSSR count). The Labute approximate surface area is 148 Å². The van der Waals surface area contributed by atoms with Gasteiger partial charge >= 0.3 is 20.0 Å². The summed E-state index contributed by atoms with van der Waals surface area (Å²) in [6.45, 7) is 0. The molecule has 0 saturated heterocycles. The molecule has 2 aromatic rings. The van der Waals surface area contributed by atoms with Crippen molar-refractivity contribution in [3.05, 3.63) is 57.6 Å². The molecule has 133 valence electrons. The molecule has 11 heteroatoms. The third-order valence-electron chi connectivity index (χ3n) is 2.87. The summed E-state index contributed by atoms with van der Waals surface area (Å²) in [5.41, 5.74) is -2.03. The molecule has 2 aromatic carbocycles. The average Bonchev–Trinajstić information content (AvgIpc) is 2.48. The minimum Gasteiger partial charge on any atom is -0.525 e. The lowest BCUT2D eigenvalue weighted by atomic mass is 10.2. The van der Waals surface area contributed by atoms with E-state index in [1.807, 2.05) is 0 Å². The van der Waals surface area contributed by atoms with E-state index in [1.165, 1.54) is 0 Å². The predicted octanol–water partition coefficient (Wildman–Crippen LogP) is 6.02. The van der Waals surface area contributed by atoms with Crippen molar-refractivity contribution in [3.8, 4) is 11.5 Å². The Hall–Kier alpha value is -1.74. The lowest BCUT2D eigenvalue weighted by molar-refractivity contribution is -0.138. The van der Waals surface area contributed by atoms with Crippen LogP contribution in [0.4, 0.5) is 26.3 Å². The summed E-state index contributed by atoms with van der Waals surface area (Å²) in [5, 5.41) is -0.300. The summed E-state index contributed by atoms with van der Waals surface area (Å²) >= 11 is 11.4. The van der Waals surface area contributed by atoms with Crippen LogP contribution in [0.15, 0.2) is 36.4 Å². The highest BCUT2D eigenvalue weighted by Gasteiger charge is 2.32. The van der Waals surface area contributed by atoms with Crippen LogP contribution >= 0.6 is 23.2 Å². The molecule has 0 unspecified atom stereocenters. The maximum Gasteiger partial charge on any atom is 0.658 e. The standard InChI is InChI=1S/C14H6BCl2F6O2/c16-9-3-1-7(13(18,19)20)5-11(9)24-15-25-12-6-8(14(21,22)23)2-4-10(12)17/h1-6H. The molecular formula is C14H6BCl2F6O2. The zero-order chi connectivity index (χ0) is 18.8. The highest BCUT2D eigenvalue weighted by Crippen LogP contribution is 2.36. The van der Waals surface area contributed by atoms with Gasteiger partial charge in [-0.25, -0.2) is 0 Å². The van der Waals surface area contributed by atoms with Crippen molar-refractivity contribution >= 4 is 30.9 Å². The van der Waals surface area contributed by atoms with Crippen LogP contribution in [0, 0.1) is 0 Å². The molecule has 25 heavy (non-hydrogen) atoms. The third kappa shape index (κ3) is 5.12. The van der Waals surface area contributed by atoms with Gasteiger partial charge in [-0.2, -0.15) is 26.3 Å². The molecule has 0 atom stereocenters. The first-order valence-electron chi connectivity index (χ1n) is 6.37. The van der Waals surface area contributed by atoms with E-state index >= 15 is 0 Å². The van der Waals surface area contributed by atoms with Crippen LogP contribution in [-0.4, -0.2) is 7.69 Å². The summed E-state index contributed by atoms with van der Waals surface area (Å²) in [6, 6.07) is 4.67. The normalized spacial score (nSPS) is 12.0. The first-order chi connectivity index (χ1) is 11.5. The topological polar surface area (TPSA) is 18.5 Å². The maximum absolute atomic E-state index is 12.6. The van der Waals surface area contributed by atoms with Crippen molar-refractivity contribution in [2.24, 2.45) is 0 Å². The molecule has 0 N–H and O–H groups in total. The molecule has 0 aliphatic rings. The fourth-order valence-corrected chi connectivity index (χ4v) is 1.99. The Balaban J connectivity index is 2.11. The SMILES string of the molecule is FC(F)(F)c1ccc(Cl)c(O[B]Oc2cc(C(F)(F)F)ccc2Cl)c1. The van der Waals surface area contributed by atoms with Gasteiger partial charge in [-0.15, -0.1) is 0 Å². The maximum atomic E-state index is 12.6. The molecule has 0 amide bonds. The Bertz CT molecular complexity index is 700. The Morgan fingerprint density at radius 3 is 1.36 bits per heavy atom. The quantitative estimate of drug-likeness (QED) is 0.460. The van der Waals surface area contributed by atoms with Crippen LogP contribution in [0.2, 0.25) is 10.0 Å². The lowest BCUT2D eigenvalue weighted by Gasteiger charge is -2.13. The summed E-state index contributed by atoms with van der Waals surface area (Å²) in [6.07, 6.45) is -9.23. The van der Waals surface area contributed by atoms with E-state index in [1.54, 1.807) is 0 Å². The number of halogens is 8. The van der Waals surface area contributed by atoms with Gasteiger partial charge in [-0.1, -0.05) is 23.2 Å². The van der Waals surface area contributed by atoms with Crippen molar-refractivity contribution in [2.45, 2.75) is 12.4 Å². The summed E-state index contributed by atoms with van der Waals surface area (Å²) in [4.78, 5) is 0. The van der Waals surface area contributed by atoms with E-state index in [2.05, 4.69) is 0 Å². The number of hydrogen-bond donors (Lipinski definition) is 0. The highest BCUT2D eigenvalue weighted by molar-refractivity contribution is 6.33.